The summed E-state index contributed by atoms with van der Waals surface area (Å²) in [5.41, 5.74) is 1.94. The molecule has 0 bridgehead atoms. The molecule has 2 aliphatic heterocycles. The van der Waals surface area contributed by atoms with E-state index in [-0.39, 0.29) is 29.6 Å². The van der Waals surface area contributed by atoms with Crippen LogP contribution < -0.4 is 0 Å². The molecule has 0 radical (unpaired) electrons. The number of H-pyrrole nitrogens is 1. The second-order valence-electron chi connectivity index (χ2n) is 9.20. The predicted molar refractivity (Wildman–Crippen MR) is 110 cm³/mol. The van der Waals surface area contributed by atoms with Crippen molar-refractivity contribution in [2.75, 3.05) is 19.6 Å². The minimum absolute atomic E-state index is 0.00727. The van der Waals surface area contributed by atoms with Crippen molar-refractivity contribution in [3.63, 3.8) is 0 Å². The molecular formula is C23H25F3N4O2. The lowest BCUT2D eigenvalue weighted by atomic mass is 9.91. The van der Waals surface area contributed by atoms with Gasteiger partial charge < -0.3 is 9.80 Å². The van der Waals surface area contributed by atoms with Gasteiger partial charge in [-0.25, -0.2) is 0 Å². The Kier molecular flexibility index (Phi) is 5.02. The fourth-order valence-corrected chi connectivity index (χ4v) is 5.74. The van der Waals surface area contributed by atoms with Gasteiger partial charge in [0.15, 0.2) is 5.69 Å². The molecule has 9 heteroatoms. The molecule has 2 amide bonds. The molecular weight excluding hydrogens is 421 g/mol. The maximum atomic E-state index is 13.4. The molecule has 3 heterocycles. The van der Waals surface area contributed by atoms with Gasteiger partial charge in [-0.1, -0.05) is 18.2 Å². The summed E-state index contributed by atoms with van der Waals surface area (Å²) in [5.74, 6) is 0.143. The Balaban J connectivity index is 1.27. The minimum Gasteiger partial charge on any atom is -0.337 e. The van der Waals surface area contributed by atoms with Crippen LogP contribution in [0, 0.1) is 11.8 Å². The summed E-state index contributed by atoms with van der Waals surface area (Å²) in [4.78, 5) is 28.3. The summed E-state index contributed by atoms with van der Waals surface area (Å²) in [7, 11) is 0. The maximum absolute atomic E-state index is 13.4. The van der Waals surface area contributed by atoms with Crippen LogP contribution in [0.25, 0.3) is 0 Å². The Labute approximate surface area is 183 Å². The molecule has 1 saturated heterocycles. The van der Waals surface area contributed by atoms with Gasteiger partial charge in [0.2, 0.25) is 5.91 Å². The van der Waals surface area contributed by atoms with Crippen LogP contribution in [0.2, 0.25) is 0 Å². The molecule has 2 fully saturated rings. The van der Waals surface area contributed by atoms with Crippen molar-refractivity contribution in [2.45, 2.75) is 44.8 Å². The van der Waals surface area contributed by atoms with Crippen LogP contribution in [0.15, 0.2) is 24.3 Å². The van der Waals surface area contributed by atoms with E-state index in [1.54, 1.807) is 21.9 Å². The predicted octanol–water partition coefficient (Wildman–Crippen LogP) is 3.60. The fourth-order valence-electron chi connectivity index (χ4n) is 5.74. The molecule has 2 aromatic rings. The minimum atomic E-state index is -4.35. The van der Waals surface area contributed by atoms with Gasteiger partial charge in [-0.3, -0.25) is 14.7 Å². The van der Waals surface area contributed by atoms with Crippen molar-refractivity contribution in [1.82, 2.24) is 20.0 Å². The van der Waals surface area contributed by atoms with E-state index in [0.29, 0.717) is 56.7 Å². The third-order valence-electron chi connectivity index (χ3n) is 7.33. The Morgan fingerprint density at radius 1 is 1.09 bits per heavy atom. The Morgan fingerprint density at radius 2 is 1.78 bits per heavy atom. The van der Waals surface area contributed by atoms with Crippen molar-refractivity contribution in [3.05, 3.63) is 52.3 Å². The third-order valence-corrected chi connectivity index (χ3v) is 7.33. The highest BCUT2D eigenvalue weighted by molar-refractivity contribution is 5.94. The maximum Gasteiger partial charge on any atom is 0.416 e. The van der Waals surface area contributed by atoms with Crippen molar-refractivity contribution in [1.29, 1.82) is 0 Å². The molecule has 5 rings (SSSR count). The summed E-state index contributed by atoms with van der Waals surface area (Å²) < 4.78 is 40.3. The van der Waals surface area contributed by atoms with Crippen LogP contribution in [-0.4, -0.2) is 51.4 Å². The summed E-state index contributed by atoms with van der Waals surface area (Å²) in [5, 5.41) is 7.17. The zero-order valence-electron chi connectivity index (χ0n) is 17.8. The Bertz CT molecular complexity index is 1050. The molecule has 0 unspecified atom stereocenters. The van der Waals surface area contributed by atoms with Gasteiger partial charge in [-0.2, -0.15) is 18.3 Å². The van der Waals surface area contributed by atoms with E-state index in [0.717, 1.165) is 17.3 Å². The van der Waals surface area contributed by atoms with E-state index in [1.165, 1.54) is 13.0 Å². The number of nitrogens with zero attached hydrogens (tertiary/aromatic N) is 3. The Morgan fingerprint density at radius 3 is 2.44 bits per heavy atom. The molecule has 170 valence electrons. The first-order valence-electron chi connectivity index (χ1n) is 11.0. The van der Waals surface area contributed by atoms with Gasteiger partial charge in [0.05, 0.1) is 17.8 Å². The van der Waals surface area contributed by atoms with E-state index >= 15 is 0 Å². The van der Waals surface area contributed by atoms with Crippen molar-refractivity contribution in [2.24, 2.45) is 11.8 Å². The van der Waals surface area contributed by atoms with Crippen molar-refractivity contribution < 1.29 is 22.8 Å². The lowest BCUT2D eigenvalue weighted by Crippen LogP contribution is -2.35. The van der Waals surface area contributed by atoms with Crippen LogP contribution >= 0.6 is 0 Å². The Hall–Kier alpha value is -2.84. The number of hydrogen-bond acceptors (Lipinski definition) is 3. The highest BCUT2D eigenvalue weighted by atomic mass is 19.4. The van der Waals surface area contributed by atoms with E-state index in [1.807, 2.05) is 0 Å². The summed E-state index contributed by atoms with van der Waals surface area (Å²) in [6, 6.07) is 5.86. The number of carbonyl (C=O) groups is 2. The fraction of sp³-hybridized carbons (Fsp3) is 0.522. The number of aromatic amines is 1. The lowest BCUT2D eigenvalue weighted by molar-refractivity contribution is -0.138. The smallest absolute Gasteiger partial charge is 0.337 e. The van der Waals surface area contributed by atoms with Gasteiger partial charge in [0.1, 0.15) is 0 Å². The van der Waals surface area contributed by atoms with Crippen LogP contribution in [0.4, 0.5) is 13.2 Å². The standard InChI is InChI=1S/C23H25F3N4O2/c1-13(31)29-7-6-18-20(12-29)27-28-21(18)22(32)30-10-15-8-14(9-16(15)11-30)17-4-2-3-5-19(17)23(24,25)26/h2-5,14-16H,6-12H2,1H3,(H,27,28)/t14-,15+,16-. The van der Waals surface area contributed by atoms with Crippen molar-refractivity contribution >= 4 is 11.8 Å². The first kappa shape index (κ1) is 21.0. The van der Waals surface area contributed by atoms with E-state index < -0.39 is 11.7 Å². The number of nitrogens with one attached hydrogen (secondary N) is 1. The molecule has 32 heavy (non-hydrogen) atoms. The molecule has 1 aliphatic carbocycles. The van der Waals surface area contributed by atoms with Crippen LogP contribution in [0.1, 0.15) is 58.6 Å². The average Bonchev–Trinajstić information content (AvgIpc) is 3.45. The molecule has 3 aliphatic rings. The number of rotatable bonds is 2. The molecule has 1 N–H and O–H groups in total. The SMILES string of the molecule is CC(=O)N1CCc2c(C(=O)N3C[C@H]4C[C@H](c5ccccc5C(F)(F)F)C[C@H]4C3)n[nH]c2C1. The van der Waals surface area contributed by atoms with Gasteiger partial charge in [-0.15, -0.1) is 0 Å². The summed E-state index contributed by atoms with van der Waals surface area (Å²) in [6.07, 6.45) is -2.45. The van der Waals surface area contributed by atoms with E-state index in [4.69, 9.17) is 0 Å². The number of hydrogen-bond donors (Lipinski definition) is 1. The van der Waals surface area contributed by atoms with E-state index in [2.05, 4.69) is 10.2 Å². The number of amides is 2. The van der Waals surface area contributed by atoms with Crippen LogP contribution in [0.5, 0.6) is 0 Å². The van der Waals surface area contributed by atoms with Crippen LogP contribution in [-0.2, 0) is 23.9 Å². The van der Waals surface area contributed by atoms with Gasteiger partial charge in [0, 0.05) is 32.1 Å². The molecule has 1 aromatic heterocycles. The topological polar surface area (TPSA) is 69.3 Å². The zero-order chi connectivity index (χ0) is 22.6. The molecule has 6 nitrogen and oxygen atoms in total. The first-order valence-corrected chi connectivity index (χ1v) is 11.0. The van der Waals surface area contributed by atoms with Crippen LogP contribution in [0.3, 0.4) is 0 Å². The third kappa shape index (κ3) is 3.57. The average molecular weight is 446 g/mol. The number of fused-ring (bicyclic) bond motifs is 2. The largest absolute Gasteiger partial charge is 0.416 e. The highest BCUT2D eigenvalue weighted by Crippen LogP contribution is 2.49. The summed E-state index contributed by atoms with van der Waals surface area (Å²) >= 11 is 0. The molecule has 1 saturated carbocycles. The number of likely N-dealkylation sites (tertiary alicyclic amines) is 1. The molecule has 0 spiro atoms. The summed E-state index contributed by atoms with van der Waals surface area (Å²) in [6.45, 7) is 3.62. The van der Waals surface area contributed by atoms with Gasteiger partial charge in [-0.05, 0) is 48.6 Å². The van der Waals surface area contributed by atoms with Gasteiger partial charge in [0.25, 0.3) is 5.91 Å². The first-order chi connectivity index (χ1) is 15.2. The normalized spacial score (nSPS) is 25.1. The number of aromatic nitrogens is 2. The zero-order valence-corrected chi connectivity index (χ0v) is 17.8. The number of alkyl halides is 3. The molecule has 1 aromatic carbocycles. The quantitative estimate of drug-likeness (QED) is 0.767. The monoisotopic (exact) mass is 446 g/mol. The number of carbonyl (C=O) groups excluding carboxylic acids is 2. The lowest BCUT2D eigenvalue weighted by Gasteiger charge is -2.26. The van der Waals surface area contributed by atoms with Gasteiger partial charge >= 0.3 is 6.18 Å². The highest BCUT2D eigenvalue weighted by Gasteiger charge is 2.45. The van der Waals surface area contributed by atoms with E-state index in [9.17, 15) is 22.8 Å². The second kappa shape index (κ2) is 7.64. The number of benzene rings is 1. The van der Waals surface area contributed by atoms with Crippen molar-refractivity contribution in [3.8, 4) is 0 Å². The second-order valence-corrected chi connectivity index (χ2v) is 9.20. The molecule has 3 atom stereocenters. The number of halogens is 3.